The Hall–Kier alpha value is -0.940. The predicted molar refractivity (Wildman–Crippen MR) is 54.2 cm³/mol. The lowest BCUT2D eigenvalue weighted by atomic mass is 9.94. The average Bonchev–Trinajstić information content (AvgIpc) is 2.56. The maximum Gasteiger partial charge on any atom is 0.122 e. The molecule has 0 unspecified atom stereocenters. The zero-order valence-corrected chi connectivity index (χ0v) is 9.23. The van der Waals surface area contributed by atoms with E-state index in [2.05, 4.69) is 19.8 Å². The summed E-state index contributed by atoms with van der Waals surface area (Å²) in [6.07, 6.45) is 1.63. The fraction of sp³-hybridized carbons (Fsp3) is 0.800. The summed E-state index contributed by atoms with van der Waals surface area (Å²) in [6.45, 7) is 6.36. The number of likely N-dealkylation sites (tertiary alicyclic amines) is 1. The molecule has 1 aromatic rings. The first-order valence-corrected chi connectivity index (χ1v) is 5.30. The van der Waals surface area contributed by atoms with E-state index in [9.17, 15) is 5.11 Å². The topological polar surface area (TPSA) is 62.4 Å². The second kappa shape index (κ2) is 3.90. The maximum atomic E-state index is 9.80. The van der Waals surface area contributed by atoms with E-state index in [1.54, 1.807) is 0 Å². The molecule has 0 saturated carbocycles. The summed E-state index contributed by atoms with van der Waals surface area (Å²) < 4.78 is 4.65. The van der Waals surface area contributed by atoms with Crippen molar-refractivity contribution in [3.8, 4) is 0 Å². The Morgan fingerprint density at radius 1 is 1.40 bits per heavy atom. The molecule has 1 aliphatic rings. The van der Waals surface area contributed by atoms with Gasteiger partial charge in [0.25, 0.3) is 0 Å². The van der Waals surface area contributed by atoms with Crippen molar-refractivity contribution in [1.29, 1.82) is 0 Å². The summed E-state index contributed by atoms with van der Waals surface area (Å²) in [5.74, 6) is 0. The van der Waals surface area contributed by atoms with E-state index < -0.39 is 5.60 Å². The summed E-state index contributed by atoms with van der Waals surface area (Å²) in [6, 6.07) is 0. The molecule has 0 amide bonds. The molecule has 0 aromatic carbocycles. The summed E-state index contributed by atoms with van der Waals surface area (Å²) in [7, 11) is 0. The molecule has 1 aromatic heterocycles. The van der Waals surface area contributed by atoms with Crippen LogP contribution in [0.5, 0.6) is 0 Å². The quantitative estimate of drug-likeness (QED) is 0.781. The third-order valence-electron chi connectivity index (χ3n) is 3.05. The molecule has 0 aliphatic carbocycles. The first kappa shape index (κ1) is 10.6. The molecule has 5 heteroatoms. The van der Waals surface area contributed by atoms with Crippen molar-refractivity contribution in [3.63, 3.8) is 0 Å². The zero-order chi connectivity index (χ0) is 10.9. The summed E-state index contributed by atoms with van der Waals surface area (Å²) in [4.78, 5) is 2.27. The Balaban J connectivity index is 1.90. The predicted octanol–water partition coefficient (Wildman–Crippen LogP) is 0.725. The summed E-state index contributed by atoms with van der Waals surface area (Å²) >= 11 is 0. The Morgan fingerprint density at radius 2 is 2.07 bits per heavy atom. The van der Waals surface area contributed by atoms with Crippen LogP contribution >= 0.6 is 0 Å². The molecule has 2 rings (SSSR count). The number of rotatable bonds is 2. The molecule has 15 heavy (non-hydrogen) atoms. The van der Waals surface area contributed by atoms with Crippen molar-refractivity contribution in [2.45, 2.75) is 38.8 Å². The van der Waals surface area contributed by atoms with Crippen molar-refractivity contribution in [2.75, 3.05) is 13.1 Å². The number of nitrogens with zero attached hydrogens (tertiary/aromatic N) is 3. The minimum Gasteiger partial charge on any atom is -0.390 e. The minimum atomic E-state index is -0.492. The Morgan fingerprint density at radius 3 is 2.60 bits per heavy atom. The Kier molecular flexibility index (Phi) is 2.75. The molecule has 1 saturated heterocycles. The molecule has 0 atom stereocenters. The molecule has 2 heterocycles. The second-order valence-corrected chi connectivity index (χ2v) is 4.57. The molecule has 1 aliphatic heterocycles. The van der Waals surface area contributed by atoms with E-state index in [0.717, 1.165) is 43.9 Å². The molecule has 0 spiro atoms. The highest BCUT2D eigenvalue weighted by molar-refractivity contribution is 5.04. The highest BCUT2D eigenvalue weighted by Gasteiger charge is 2.27. The van der Waals surface area contributed by atoms with Crippen LogP contribution in [0, 0.1) is 6.92 Å². The SMILES string of the molecule is Cc1nonc1CN1CCC(C)(O)CC1. The van der Waals surface area contributed by atoms with Gasteiger partial charge in [0.1, 0.15) is 11.4 Å². The van der Waals surface area contributed by atoms with Crippen molar-refractivity contribution < 1.29 is 9.74 Å². The van der Waals surface area contributed by atoms with Crippen molar-refractivity contribution >= 4 is 0 Å². The van der Waals surface area contributed by atoms with Gasteiger partial charge >= 0.3 is 0 Å². The van der Waals surface area contributed by atoms with Gasteiger partial charge in [0.15, 0.2) is 0 Å². The van der Waals surface area contributed by atoms with Gasteiger partial charge in [-0.1, -0.05) is 10.3 Å². The average molecular weight is 211 g/mol. The van der Waals surface area contributed by atoms with Crippen molar-refractivity contribution in [2.24, 2.45) is 0 Å². The Labute approximate surface area is 89.0 Å². The molecule has 0 bridgehead atoms. The van der Waals surface area contributed by atoms with E-state index in [1.807, 2.05) is 13.8 Å². The number of hydrogen-bond acceptors (Lipinski definition) is 5. The number of aliphatic hydroxyl groups is 1. The lowest BCUT2D eigenvalue weighted by Gasteiger charge is -2.35. The number of piperidine rings is 1. The van der Waals surface area contributed by atoms with Crippen LogP contribution in [0.25, 0.3) is 0 Å². The van der Waals surface area contributed by atoms with Crippen LogP contribution < -0.4 is 0 Å². The van der Waals surface area contributed by atoms with E-state index in [-0.39, 0.29) is 0 Å². The van der Waals surface area contributed by atoms with E-state index >= 15 is 0 Å². The third-order valence-corrected chi connectivity index (χ3v) is 3.05. The molecular weight excluding hydrogens is 194 g/mol. The molecule has 1 N–H and O–H groups in total. The van der Waals surface area contributed by atoms with Crippen LogP contribution in [0.15, 0.2) is 4.63 Å². The largest absolute Gasteiger partial charge is 0.390 e. The second-order valence-electron chi connectivity index (χ2n) is 4.57. The summed E-state index contributed by atoms with van der Waals surface area (Å²) in [5, 5.41) is 17.4. The standard InChI is InChI=1S/C10H17N3O2/c1-8-9(12-15-11-8)7-13-5-3-10(2,14)4-6-13/h14H,3-7H2,1-2H3. The minimum absolute atomic E-state index is 0.492. The van der Waals surface area contributed by atoms with Gasteiger partial charge in [0, 0.05) is 19.6 Å². The molecule has 1 fully saturated rings. The first-order chi connectivity index (χ1) is 7.07. The smallest absolute Gasteiger partial charge is 0.122 e. The van der Waals surface area contributed by atoms with Crippen molar-refractivity contribution in [3.05, 3.63) is 11.4 Å². The van der Waals surface area contributed by atoms with Gasteiger partial charge in [-0.25, -0.2) is 4.63 Å². The van der Waals surface area contributed by atoms with E-state index in [4.69, 9.17) is 0 Å². The van der Waals surface area contributed by atoms with Crippen molar-refractivity contribution in [1.82, 2.24) is 15.2 Å². The number of hydrogen-bond donors (Lipinski definition) is 1. The van der Waals surface area contributed by atoms with Gasteiger partial charge in [-0.2, -0.15) is 0 Å². The molecule has 0 radical (unpaired) electrons. The molecular formula is C10H17N3O2. The number of aromatic nitrogens is 2. The van der Waals surface area contributed by atoms with Crippen LogP contribution in [0.4, 0.5) is 0 Å². The third kappa shape index (κ3) is 2.54. The van der Waals surface area contributed by atoms with E-state index in [1.165, 1.54) is 0 Å². The maximum absolute atomic E-state index is 9.80. The van der Waals surface area contributed by atoms with Gasteiger partial charge in [-0.3, -0.25) is 4.90 Å². The molecule has 5 nitrogen and oxygen atoms in total. The first-order valence-electron chi connectivity index (χ1n) is 5.30. The highest BCUT2D eigenvalue weighted by Crippen LogP contribution is 2.22. The molecule has 84 valence electrons. The van der Waals surface area contributed by atoms with Crippen LogP contribution in [0.1, 0.15) is 31.2 Å². The fourth-order valence-electron chi connectivity index (χ4n) is 1.80. The Bertz CT molecular complexity index is 325. The van der Waals surface area contributed by atoms with Gasteiger partial charge in [-0.05, 0) is 26.7 Å². The normalized spacial score (nSPS) is 21.8. The van der Waals surface area contributed by atoms with Crippen LogP contribution in [-0.4, -0.2) is 39.0 Å². The number of aryl methyl sites for hydroxylation is 1. The monoisotopic (exact) mass is 211 g/mol. The lowest BCUT2D eigenvalue weighted by Crippen LogP contribution is -2.42. The zero-order valence-electron chi connectivity index (χ0n) is 9.23. The summed E-state index contributed by atoms with van der Waals surface area (Å²) in [5.41, 5.74) is 1.26. The lowest BCUT2D eigenvalue weighted by molar-refractivity contribution is -0.00777. The fourth-order valence-corrected chi connectivity index (χ4v) is 1.80. The van der Waals surface area contributed by atoms with Gasteiger partial charge in [0.2, 0.25) is 0 Å². The van der Waals surface area contributed by atoms with Gasteiger partial charge < -0.3 is 5.11 Å². The van der Waals surface area contributed by atoms with Crippen LogP contribution in [-0.2, 0) is 6.54 Å². The highest BCUT2D eigenvalue weighted by atomic mass is 16.6. The van der Waals surface area contributed by atoms with Gasteiger partial charge in [-0.15, -0.1) is 0 Å². The van der Waals surface area contributed by atoms with E-state index in [0.29, 0.717) is 0 Å². The van der Waals surface area contributed by atoms with Crippen LogP contribution in [0.3, 0.4) is 0 Å². The van der Waals surface area contributed by atoms with Gasteiger partial charge in [0.05, 0.1) is 5.60 Å². The van der Waals surface area contributed by atoms with Crippen LogP contribution in [0.2, 0.25) is 0 Å².